The van der Waals surface area contributed by atoms with E-state index in [1.807, 2.05) is 37.3 Å². The van der Waals surface area contributed by atoms with Gasteiger partial charge in [-0.3, -0.25) is 9.59 Å². The van der Waals surface area contributed by atoms with Gasteiger partial charge in [-0.25, -0.2) is 0 Å². The highest BCUT2D eigenvalue weighted by Gasteiger charge is 2.18. The Bertz CT molecular complexity index is 739. The van der Waals surface area contributed by atoms with Gasteiger partial charge in [0.25, 0.3) is 5.56 Å². The predicted octanol–water partition coefficient (Wildman–Crippen LogP) is 3.13. The second kappa shape index (κ2) is 9.19. The number of nitrogens with zero attached hydrogens (tertiary/aromatic N) is 1. The number of ketones is 1. The Balaban J connectivity index is 0.00000139. The first kappa shape index (κ1) is 19.0. The Morgan fingerprint density at radius 2 is 1.83 bits per heavy atom. The van der Waals surface area contributed by atoms with Crippen LogP contribution in [0.15, 0.2) is 54.4 Å². The number of hydrogen-bond donors (Lipinski definition) is 3. The van der Waals surface area contributed by atoms with Crippen LogP contribution in [0.25, 0.3) is 0 Å². The number of carbonyl (C=O) groups excluding carboxylic acids is 1. The van der Waals surface area contributed by atoms with Gasteiger partial charge in [-0.1, -0.05) is 30.3 Å². The molecule has 0 saturated carbocycles. The minimum Gasteiger partial charge on any atom is -0.423 e. The average Bonchev–Trinajstić information content (AvgIpc) is 2.59. The summed E-state index contributed by atoms with van der Waals surface area (Å²) in [6.45, 7) is 10.2. The maximum absolute atomic E-state index is 11.9. The monoisotopic (exact) mass is 329 g/mol. The van der Waals surface area contributed by atoms with Gasteiger partial charge in [0, 0.05) is 19.2 Å². The fourth-order valence-electron chi connectivity index (χ4n) is 2.22. The van der Waals surface area contributed by atoms with Crippen molar-refractivity contribution < 1.29 is 10.0 Å². The molecule has 128 valence electrons. The lowest BCUT2D eigenvalue weighted by molar-refractivity contribution is 0.101. The van der Waals surface area contributed by atoms with E-state index in [-0.39, 0.29) is 17.2 Å². The highest BCUT2D eigenvalue weighted by Crippen LogP contribution is 2.23. The van der Waals surface area contributed by atoms with Crippen LogP contribution >= 0.6 is 0 Å². The van der Waals surface area contributed by atoms with Crippen molar-refractivity contribution in [3.63, 3.8) is 0 Å². The largest absolute Gasteiger partial charge is 0.423 e. The van der Waals surface area contributed by atoms with Gasteiger partial charge in [0.2, 0.25) is 0 Å². The van der Waals surface area contributed by atoms with E-state index in [4.69, 9.17) is 0 Å². The molecule has 0 saturated heterocycles. The quantitative estimate of drug-likeness (QED) is 0.431. The summed E-state index contributed by atoms with van der Waals surface area (Å²) in [6.07, 6.45) is 0. The Hall–Kier alpha value is -3.02. The first-order valence-corrected chi connectivity index (χ1v) is 7.56. The molecule has 2 rings (SSSR count). The van der Waals surface area contributed by atoms with Crippen LogP contribution in [0.1, 0.15) is 29.8 Å². The van der Waals surface area contributed by atoms with Crippen LogP contribution < -0.4 is 16.2 Å². The molecular formula is C18H23N3O3. The molecule has 6 nitrogen and oxygen atoms in total. The molecule has 0 unspecified atom stereocenters. The zero-order valence-electron chi connectivity index (χ0n) is 14.0. The molecule has 0 aliphatic carbocycles. The molecule has 2 aromatic rings. The van der Waals surface area contributed by atoms with Crippen molar-refractivity contribution >= 4 is 17.3 Å². The van der Waals surface area contributed by atoms with Crippen LogP contribution in [0.2, 0.25) is 0 Å². The Labute approximate surface area is 141 Å². The number of rotatable bonds is 6. The van der Waals surface area contributed by atoms with Crippen LogP contribution in [0.5, 0.6) is 0 Å². The number of carbonyl (C=O) groups is 1. The number of anilines is 2. The zero-order chi connectivity index (χ0) is 18.1. The molecule has 0 aliphatic rings. The third kappa shape index (κ3) is 4.49. The molecule has 0 radical (unpaired) electrons. The van der Waals surface area contributed by atoms with Gasteiger partial charge in [0.05, 0.1) is 11.3 Å². The van der Waals surface area contributed by atoms with Crippen molar-refractivity contribution in [1.29, 1.82) is 0 Å². The lowest BCUT2D eigenvalue weighted by Crippen LogP contribution is -2.25. The topological polar surface area (TPSA) is 83.4 Å². The van der Waals surface area contributed by atoms with Crippen molar-refractivity contribution in [2.45, 2.75) is 20.4 Å². The number of pyridine rings is 1. The van der Waals surface area contributed by atoms with Crippen molar-refractivity contribution in [1.82, 2.24) is 4.73 Å². The van der Waals surface area contributed by atoms with Gasteiger partial charge in [0.1, 0.15) is 0 Å². The molecule has 0 spiro atoms. The van der Waals surface area contributed by atoms with Crippen LogP contribution in [-0.2, 0) is 6.54 Å². The lowest BCUT2D eigenvalue weighted by atomic mass is 10.1. The Morgan fingerprint density at radius 3 is 2.38 bits per heavy atom. The number of nitrogens with one attached hydrogen (secondary N) is 2. The standard InChI is InChI=1S/C16H19N3O3.C2H4/c1-3-17-16-15(11(2)20)13(9-14(21)19(16)22)18-10-12-7-5-4-6-8-12;1-2/h4-9,17-18,22H,3,10H2,1-2H3;1-2H2. The van der Waals surface area contributed by atoms with Crippen LogP contribution in [0, 0.1) is 0 Å². The molecular weight excluding hydrogens is 306 g/mol. The van der Waals surface area contributed by atoms with Crippen LogP contribution in [-0.4, -0.2) is 22.3 Å². The minimum absolute atomic E-state index is 0.109. The average molecular weight is 329 g/mol. The molecule has 0 atom stereocenters. The maximum Gasteiger partial charge on any atom is 0.286 e. The van der Waals surface area contributed by atoms with Crippen molar-refractivity contribution in [2.75, 3.05) is 17.2 Å². The maximum atomic E-state index is 11.9. The number of benzene rings is 1. The number of aromatic nitrogens is 1. The summed E-state index contributed by atoms with van der Waals surface area (Å²) in [5, 5.41) is 15.8. The Morgan fingerprint density at radius 1 is 1.21 bits per heavy atom. The zero-order valence-corrected chi connectivity index (χ0v) is 14.0. The van der Waals surface area contributed by atoms with E-state index < -0.39 is 5.56 Å². The first-order chi connectivity index (χ1) is 11.5. The van der Waals surface area contributed by atoms with Crippen LogP contribution in [0.3, 0.4) is 0 Å². The van der Waals surface area contributed by atoms with E-state index >= 15 is 0 Å². The van der Waals surface area contributed by atoms with Crippen molar-refractivity contribution in [3.8, 4) is 0 Å². The van der Waals surface area contributed by atoms with Gasteiger partial charge >= 0.3 is 0 Å². The smallest absolute Gasteiger partial charge is 0.286 e. The second-order valence-electron chi connectivity index (χ2n) is 4.86. The summed E-state index contributed by atoms with van der Waals surface area (Å²) >= 11 is 0. The van der Waals surface area contributed by atoms with Gasteiger partial charge in [-0.15, -0.1) is 17.9 Å². The molecule has 0 aliphatic heterocycles. The molecule has 0 bridgehead atoms. The molecule has 3 N–H and O–H groups in total. The van der Waals surface area contributed by atoms with Gasteiger partial charge < -0.3 is 15.8 Å². The van der Waals surface area contributed by atoms with E-state index in [0.29, 0.717) is 23.5 Å². The molecule has 24 heavy (non-hydrogen) atoms. The Kier molecular flexibility index (Phi) is 7.29. The summed E-state index contributed by atoms with van der Waals surface area (Å²) in [5.74, 6) is -0.132. The predicted molar refractivity (Wildman–Crippen MR) is 97.1 cm³/mol. The highest BCUT2D eigenvalue weighted by molar-refractivity contribution is 6.04. The fourth-order valence-corrected chi connectivity index (χ4v) is 2.22. The van der Waals surface area contributed by atoms with E-state index in [2.05, 4.69) is 23.8 Å². The summed E-state index contributed by atoms with van der Waals surface area (Å²) in [6, 6.07) is 10.9. The van der Waals surface area contributed by atoms with E-state index in [9.17, 15) is 14.8 Å². The minimum atomic E-state index is -0.600. The lowest BCUT2D eigenvalue weighted by Gasteiger charge is -2.16. The summed E-state index contributed by atoms with van der Waals surface area (Å²) in [4.78, 5) is 23.8. The van der Waals surface area contributed by atoms with E-state index in [0.717, 1.165) is 5.56 Å². The van der Waals surface area contributed by atoms with Gasteiger partial charge in [0.15, 0.2) is 11.6 Å². The third-order valence-electron chi connectivity index (χ3n) is 3.22. The molecule has 1 heterocycles. The third-order valence-corrected chi connectivity index (χ3v) is 3.22. The first-order valence-electron chi connectivity index (χ1n) is 7.56. The molecule has 0 amide bonds. The highest BCUT2D eigenvalue weighted by atomic mass is 16.5. The van der Waals surface area contributed by atoms with Gasteiger partial charge in [-0.2, -0.15) is 0 Å². The SMILES string of the molecule is C=C.CCNc1c(C(C)=O)c(NCc2ccccc2)cc(=O)n1O. The van der Waals surface area contributed by atoms with E-state index in [1.165, 1.54) is 13.0 Å². The summed E-state index contributed by atoms with van der Waals surface area (Å²) in [5.41, 5.74) is 1.09. The summed E-state index contributed by atoms with van der Waals surface area (Å²) in [7, 11) is 0. The molecule has 0 fully saturated rings. The molecule has 1 aromatic heterocycles. The number of Topliss-reactive ketones (excluding diaryl/α,β-unsaturated/α-hetero) is 1. The molecule has 6 heteroatoms. The number of hydrogen-bond acceptors (Lipinski definition) is 5. The van der Waals surface area contributed by atoms with Crippen molar-refractivity contribution in [3.05, 3.63) is 71.0 Å². The molecule has 1 aromatic carbocycles. The van der Waals surface area contributed by atoms with E-state index in [1.54, 1.807) is 0 Å². The van der Waals surface area contributed by atoms with Gasteiger partial charge in [-0.05, 0) is 19.4 Å². The normalized spacial score (nSPS) is 9.58. The fraction of sp³-hybridized carbons (Fsp3) is 0.222. The van der Waals surface area contributed by atoms with Crippen LogP contribution in [0.4, 0.5) is 11.5 Å². The summed E-state index contributed by atoms with van der Waals surface area (Å²) < 4.78 is 0.466. The van der Waals surface area contributed by atoms with Crippen molar-refractivity contribution in [2.24, 2.45) is 0 Å². The second-order valence-corrected chi connectivity index (χ2v) is 4.86.